The number of likely N-dealkylation sites (tertiary alicyclic amines) is 1. The molecule has 3 nitrogen and oxygen atoms in total. The summed E-state index contributed by atoms with van der Waals surface area (Å²) in [7, 11) is 0. The van der Waals surface area contributed by atoms with Gasteiger partial charge < -0.3 is 14.6 Å². The van der Waals surface area contributed by atoms with Gasteiger partial charge in [-0.05, 0) is 57.3 Å². The van der Waals surface area contributed by atoms with Crippen LogP contribution in [0.25, 0.3) is 0 Å². The molecule has 1 N–H and O–H groups in total. The average molecular weight is 262 g/mol. The first-order chi connectivity index (χ1) is 9.33. The molecule has 1 aromatic heterocycles. The van der Waals surface area contributed by atoms with Gasteiger partial charge in [0.25, 0.3) is 0 Å². The Morgan fingerprint density at radius 2 is 2.21 bits per heavy atom. The Balaban J connectivity index is 1.47. The molecule has 1 fully saturated rings. The number of nitrogens with zero attached hydrogens (tertiary/aromatic N) is 1. The summed E-state index contributed by atoms with van der Waals surface area (Å²) >= 11 is 0. The van der Waals surface area contributed by atoms with E-state index in [9.17, 15) is 0 Å². The molecule has 3 heteroatoms. The Labute approximate surface area is 116 Å². The second-order valence-corrected chi connectivity index (χ2v) is 6.27. The first-order valence-corrected chi connectivity index (χ1v) is 7.85. The molecule has 2 aliphatic rings. The maximum atomic E-state index is 5.55. The molecule has 0 spiro atoms. The van der Waals surface area contributed by atoms with Gasteiger partial charge >= 0.3 is 0 Å². The summed E-state index contributed by atoms with van der Waals surface area (Å²) in [4.78, 5) is 2.61. The van der Waals surface area contributed by atoms with Crippen LogP contribution < -0.4 is 5.32 Å². The van der Waals surface area contributed by atoms with Crippen LogP contribution in [0.1, 0.15) is 50.0 Å². The van der Waals surface area contributed by atoms with Gasteiger partial charge in [-0.1, -0.05) is 6.92 Å². The van der Waals surface area contributed by atoms with Gasteiger partial charge in [0.05, 0.1) is 6.26 Å². The summed E-state index contributed by atoms with van der Waals surface area (Å²) in [5.74, 6) is 1.94. The van der Waals surface area contributed by atoms with E-state index in [4.69, 9.17) is 4.42 Å². The second-order valence-electron chi connectivity index (χ2n) is 6.27. The van der Waals surface area contributed by atoms with Gasteiger partial charge in [-0.15, -0.1) is 0 Å². The van der Waals surface area contributed by atoms with Crippen LogP contribution in [0.4, 0.5) is 0 Å². The van der Waals surface area contributed by atoms with Gasteiger partial charge in [-0.2, -0.15) is 0 Å². The van der Waals surface area contributed by atoms with Crippen LogP contribution in [0.2, 0.25) is 0 Å². The molecule has 0 bridgehead atoms. The Morgan fingerprint density at radius 1 is 1.37 bits per heavy atom. The lowest BCUT2D eigenvalue weighted by Crippen LogP contribution is -2.34. The summed E-state index contributed by atoms with van der Waals surface area (Å²) in [6.45, 7) is 7.34. The van der Waals surface area contributed by atoms with E-state index >= 15 is 0 Å². The van der Waals surface area contributed by atoms with Gasteiger partial charge in [-0.25, -0.2) is 0 Å². The highest BCUT2D eigenvalue weighted by Gasteiger charge is 2.23. The zero-order valence-corrected chi connectivity index (χ0v) is 12.0. The van der Waals surface area contributed by atoms with Crippen molar-refractivity contribution in [3.63, 3.8) is 0 Å². The number of rotatable bonds is 5. The maximum Gasteiger partial charge on any atom is 0.108 e. The second kappa shape index (κ2) is 6.10. The molecule has 1 aliphatic carbocycles. The van der Waals surface area contributed by atoms with Crippen molar-refractivity contribution in [3.8, 4) is 0 Å². The summed E-state index contributed by atoms with van der Waals surface area (Å²) in [5.41, 5.74) is 1.40. The van der Waals surface area contributed by atoms with E-state index in [2.05, 4.69) is 23.2 Å². The van der Waals surface area contributed by atoms with Crippen molar-refractivity contribution in [2.24, 2.45) is 5.92 Å². The van der Waals surface area contributed by atoms with Crippen LogP contribution >= 0.6 is 0 Å². The summed E-state index contributed by atoms with van der Waals surface area (Å²) < 4.78 is 5.55. The highest BCUT2D eigenvalue weighted by molar-refractivity contribution is 5.23. The molecule has 2 atom stereocenters. The van der Waals surface area contributed by atoms with Gasteiger partial charge in [0, 0.05) is 24.6 Å². The molecular weight excluding hydrogens is 236 g/mol. The third-order valence-electron chi connectivity index (χ3n) is 4.53. The molecule has 0 saturated carbocycles. The molecular formula is C16H26N2O. The molecule has 3 rings (SSSR count). The molecule has 1 saturated heterocycles. The van der Waals surface area contributed by atoms with Crippen molar-refractivity contribution < 1.29 is 4.42 Å². The fourth-order valence-corrected chi connectivity index (χ4v) is 3.51. The van der Waals surface area contributed by atoms with E-state index in [0.717, 1.165) is 18.9 Å². The number of nitrogens with one attached hydrogen (secondary N) is 1. The van der Waals surface area contributed by atoms with Crippen molar-refractivity contribution in [1.29, 1.82) is 0 Å². The monoisotopic (exact) mass is 262 g/mol. The lowest BCUT2D eigenvalue weighted by molar-refractivity contribution is 0.274. The molecule has 2 heterocycles. The van der Waals surface area contributed by atoms with Crippen molar-refractivity contribution in [3.05, 3.63) is 23.7 Å². The minimum atomic E-state index is 0.517. The summed E-state index contributed by atoms with van der Waals surface area (Å²) in [6.07, 6.45) is 8.24. The first kappa shape index (κ1) is 13.2. The normalized spacial score (nSPS) is 25.4. The van der Waals surface area contributed by atoms with Crippen LogP contribution in [0, 0.1) is 5.92 Å². The van der Waals surface area contributed by atoms with Gasteiger partial charge in [0.2, 0.25) is 0 Å². The molecule has 0 amide bonds. The Bertz CT molecular complexity index is 395. The molecule has 1 aromatic rings. The quantitative estimate of drug-likeness (QED) is 0.884. The van der Waals surface area contributed by atoms with Gasteiger partial charge in [0.1, 0.15) is 5.76 Å². The highest BCUT2D eigenvalue weighted by Crippen LogP contribution is 2.30. The van der Waals surface area contributed by atoms with Crippen molar-refractivity contribution in [2.75, 3.05) is 26.2 Å². The highest BCUT2D eigenvalue weighted by atomic mass is 16.3. The Kier molecular flexibility index (Phi) is 4.24. The van der Waals surface area contributed by atoms with Crippen LogP contribution in [-0.4, -0.2) is 31.1 Å². The molecule has 1 aliphatic heterocycles. The van der Waals surface area contributed by atoms with E-state index in [0.29, 0.717) is 6.04 Å². The SMILES string of the molecule is CC(CNC1CCCc2occc21)CN1CCCC1. The number of hydrogen-bond acceptors (Lipinski definition) is 3. The van der Waals surface area contributed by atoms with Crippen LogP contribution in [0.15, 0.2) is 16.7 Å². The minimum absolute atomic E-state index is 0.517. The lowest BCUT2D eigenvalue weighted by atomic mass is 9.93. The number of fused-ring (bicyclic) bond motifs is 1. The van der Waals surface area contributed by atoms with Crippen LogP contribution in [0.3, 0.4) is 0 Å². The zero-order valence-electron chi connectivity index (χ0n) is 12.0. The smallest absolute Gasteiger partial charge is 0.108 e. The molecule has 106 valence electrons. The molecule has 0 aromatic carbocycles. The predicted octanol–water partition coefficient (Wildman–Crippen LogP) is 2.98. The number of furan rings is 1. The average Bonchev–Trinajstić information content (AvgIpc) is 3.06. The molecule has 2 unspecified atom stereocenters. The maximum absolute atomic E-state index is 5.55. The van der Waals surface area contributed by atoms with E-state index < -0.39 is 0 Å². The fraction of sp³-hybridized carbons (Fsp3) is 0.750. The van der Waals surface area contributed by atoms with E-state index in [1.165, 1.54) is 56.6 Å². The third kappa shape index (κ3) is 3.21. The third-order valence-corrected chi connectivity index (χ3v) is 4.53. The first-order valence-electron chi connectivity index (χ1n) is 7.85. The van der Waals surface area contributed by atoms with Crippen molar-refractivity contribution in [2.45, 2.75) is 45.1 Å². The summed E-state index contributed by atoms with van der Waals surface area (Å²) in [5, 5.41) is 3.75. The standard InChI is InChI=1S/C16H26N2O/c1-13(12-18-8-2-3-9-18)11-17-15-5-4-6-16-14(15)7-10-19-16/h7,10,13,15,17H,2-6,8-9,11-12H2,1H3. The van der Waals surface area contributed by atoms with E-state index in [-0.39, 0.29) is 0 Å². The van der Waals surface area contributed by atoms with E-state index in [1.807, 2.05) is 6.26 Å². The van der Waals surface area contributed by atoms with Gasteiger partial charge in [-0.3, -0.25) is 0 Å². The Hall–Kier alpha value is -0.800. The number of aryl methyl sites for hydroxylation is 1. The fourth-order valence-electron chi connectivity index (χ4n) is 3.51. The van der Waals surface area contributed by atoms with Crippen molar-refractivity contribution in [1.82, 2.24) is 10.2 Å². The largest absolute Gasteiger partial charge is 0.469 e. The minimum Gasteiger partial charge on any atom is -0.469 e. The zero-order chi connectivity index (χ0) is 13.1. The van der Waals surface area contributed by atoms with Crippen molar-refractivity contribution >= 4 is 0 Å². The van der Waals surface area contributed by atoms with E-state index in [1.54, 1.807) is 0 Å². The molecule has 0 radical (unpaired) electrons. The lowest BCUT2D eigenvalue weighted by Gasteiger charge is -2.26. The van der Waals surface area contributed by atoms with Gasteiger partial charge in [0.15, 0.2) is 0 Å². The van der Waals surface area contributed by atoms with Crippen LogP contribution in [-0.2, 0) is 6.42 Å². The molecule has 19 heavy (non-hydrogen) atoms. The van der Waals surface area contributed by atoms with Crippen LogP contribution in [0.5, 0.6) is 0 Å². The predicted molar refractivity (Wildman–Crippen MR) is 77.2 cm³/mol. The summed E-state index contributed by atoms with van der Waals surface area (Å²) in [6, 6.07) is 2.67. The topological polar surface area (TPSA) is 28.4 Å². The Morgan fingerprint density at radius 3 is 3.05 bits per heavy atom. The number of hydrogen-bond donors (Lipinski definition) is 1.